The van der Waals surface area contributed by atoms with Gasteiger partial charge in [-0.1, -0.05) is 6.92 Å². The van der Waals surface area contributed by atoms with Crippen molar-refractivity contribution in [2.75, 3.05) is 38.1 Å². The van der Waals surface area contributed by atoms with Crippen molar-refractivity contribution < 1.29 is 18.7 Å². The van der Waals surface area contributed by atoms with E-state index in [1.807, 2.05) is 7.05 Å². The second-order valence-electron chi connectivity index (χ2n) is 6.20. The lowest BCUT2D eigenvalue weighted by Crippen LogP contribution is -2.45. The van der Waals surface area contributed by atoms with Crippen LogP contribution >= 0.6 is 12.4 Å². The maximum Gasteiger partial charge on any atom is 0.341 e. The number of anilines is 1. The molecule has 0 saturated carbocycles. The Balaban J connectivity index is 0.00000243. The highest BCUT2D eigenvalue weighted by atomic mass is 35.5. The van der Waals surface area contributed by atoms with Crippen LogP contribution in [0.25, 0.3) is 5.52 Å². The number of piperazine rings is 1. The Hall–Kier alpha value is -2.19. The highest BCUT2D eigenvalue weighted by molar-refractivity contribution is 5.88. The van der Waals surface area contributed by atoms with Gasteiger partial charge in [0.2, 0.25) is 0 Å². The smallest absolute Gasteiger partial charge is 0.341 e. The number of aromatic nitrogens is 1. The molecule has 0 atom stereocenters. The predicted octanol–water partition coefficient (Wildman–Crippen LogP) is 2.01. The Morgan fingerprint density at radius 3 is 2.38 bits per heavy atom. The molecule has 26 heavy (non-hydrogen) atoms. The monoisotopic (exact) mass is 387 g/mol. The lowest BCUT2D eigenvalue weighted by Gasteiger charge is -2.34. The van der Waals surface area contributed by atoms with Crippen LogP contribution in [-0.4, -0.2) is 53.6 Å². The van der Waals surface area contributed by atoms with Crippen LogP contribution in [0.1, 0.15) is 22.8 Å². The van der Waals surface area contributed by atoms with Crippen molar-refractivity contribution >= 4 is 29.6 Å². The van der Waals surface area contributed by atoms with Crippen molar-refractivity contribution in [2.24, 2.45) is 0 Å². The summed E-state index contributed by atoms with van der Waals surface area (Å²) in [4.78, 5) is 27.2. The Morgan fingerprint density at radius 1 is 1.23 bits per heavy atom. The molecular formula is C17H20ClF2N3O3. The number of nitrogens with zero attached hydrogens (tertiary/aromatic N) is 3. The Labute approximate surface area is 155 Å². The lowest BCUT2D eigenvalue weighted by atomic mass is 10.1. The van der Waals surface area contributed by atoms with E-state index in [2.05, 4.69) is 4.90 Å². The van der Waals surface area contributed by atoms with Crippen molar-refractivity contribution in [1.82, 2.24) is 9.30 Å². The number of hydrogen-bond acceptors (Lipinski definition) is 4. The maximum atomic E-state index is 15.2. The average Bonchev–Trinajstić information content (AvgIpc) is 2.57. The molecular weight excluding hydrogens is 368 g/mol. The van der Waals surface area contributed by atoms with Gasteiger partial charge in [-0.3, -0.25) is 9.20 Å². The van der Waals surface area contributed by atoms with E-state index in [0.717, 1.165) is 10.6 Å². The molecule has 0 unspecified atom stereocenters. The maximum absolute atomic E-state index is 15.2. The Morgan fingerprint density at radius 2 is 1.85 bits per heavy atom. The molecule has 1 saturated heterocycles. The first-order chi connectivity index (χ1) is 11.8. The number of likely N-dealkylation sites (N-methyl/N-ethyl adjacent to an activating group) is 1. The number of aryl methyl sites for hydroxylation is 1. The van der Waals surface area contributed by atoms with Crippen LogP contribution in [-0.2, 0) is 6.42 Å². The molecule has 3 rings (SSSR count). The summed E-state index contributed by atoms with van der Waals surface area (Å²) in [6.45, 7) is 4.02. The summed E-state index contributed by atoms with van der Waals surface area (Å²) in [5.41, 5.74) is -1.31. The summed E-state index contributed by atoms with van der Waals surface area (Å²) < 4.78 is 30.5. The molecule has 3 heterocycles. The topological polar surface area (TPSA) is 65.3 Å². The lowest BCUT2D eigenvalue weighted by molar-refractivity contribution is 0.0694. The zero-order chi connectivity index (χ0) is 18.3. The third kappa shape index (κ3) is 3.26. The van der Waals surface area contributed by atoms with Crippen molar-refractivity contribution in [3.05, 3.63) is 45.4 Å². The standard InChI is InChI=1S/C17H19F2N3O3.ClH/c1-3-10-8-11(17(24)25)16(23)22-9-12(18)15(13(19)14(10)22)21-6-4-20(2)5-7-21;/h8-9H,3-7H2,1-2H3,(H,24,25);1H. The molecule has 1 aliphatic heterocycles. The summed E-state index contributed by atoms with van der Waals surface area (Å²) in [5, 5.41) is 9.15. The van der Waals surface area contributed by atoms with Gasteiger partial charge in [-0.25, -0.2) is 13.6 Å². The van der Waals surface area contributed by atoms with Crippen LogP contribution in [0.15, 0.2) is 17.1 Å². The van der Waals surface area contributed by atoms with Gasteiger partial charge < -0.3 is 14.9 Å². The van der Waals surface area contributed by atoms with Crippen LogP contribution in [0.4, 0.5) is 14.5 Å². The number of carboxylic acids is 1. The molecule has 1 N–H and O–H groups in total. The van der Waals surface area contributed by atoms with Gasteiger partial charge >= 0.3 is 5.97 Å². The minimum atomic E-state index is -1.42. The van der Waals surface area contributed by atoms with Gasteiger partial charge in [-0.15, -0.1) is 12.4 Å². The molecule has 6 nitrogen and oxygen atoms in total. The fourth-order valence-electron chi connectivity index (χ4n) is 3.19. The van der Waals surface area contributed by atoms with Crippen LogP contribution in [0.2, 0.25) is 0 Å². The molecule has 1 fully saturated rings. The molecule has 0 bridgehead atoms. The predicted molar refractivity (Wildman–Crippen MR) is 96.9 cm³/mol. The van der Waals surface area contributed by atoms with Gasteiger partial charge in [-0.2, -0.15) is 0 Å². The van der Waals surface area contributed by atoms with E-state index in [1.165, 1.54) is 6.07 Å². The molecule has 1 aliphatic rings. The fourth-order valence-corrected chi connectivity index (χ4v) is 3.19. The van der Waals surface area contributed by atoms with Crippen molar-refractivity contribution in [3.63, 3.8) is 0 Å². The molecule has 2 aromatic heterocycles. The fraction of sp³-hybridized carbons (Fsp3) is 0.412. The molecule has 0 aromatic carbocycles. The van der Waals surface area contributed by atoms with Gasteiger partial charge in [0, 0.05) is 26.2 Å². The van der Waals surface area contributed by atoms with Crippen LogP contribution in [0.3, 0.4) is 0 Å². The van der Waals surface area contributed by atoms with E-state index in [1.54, 1.807) is 11.8 Å². The normalized spacial score (nSPS) is 15.2. The highest BCUT2D eigenvalue weighted by Crippen LogP contribution is 2.29. The third-order valence-corrected chi connectivity index (χ3v) is 4.63. The van der Waals surface area contributed by atoms with Crippen molar-refractivity contribution in [2.45, 2.75) is 13.3 Å². The SMILES string of the molecule is CCc1cc(C(=O)O)c(=O)n2cc(F)c(N3CCN(C)CC3)c(F)c12.Cl. The van der Waals surface area contributed by atoms with Crippen LogP contribution in [0.5, 0.6) is 0 Å². The molecule has 0 radical (unpaired) electrons. The van der Waals surface area contributed by atoms with Gasteiger partial charge in [0.1, 0.15) is 11.3 Å². The van der Waals surface area contributed by atoms with Gasteiger partial charge in [0.05, 0.1) is 11.7 Å². The van der Waals surface area contributed by atoms with Crippen molar-refractivity contribution in [1.29, 1.82) is 0 Å². The second-order valence-corrected chi connectivity index (χ2v) is 6.20. The zero-order valence-electron chi connectivity index (χ0n) is 14.5. The van der Waals surface area contributed by atoms with Gasteiger partial charge in [0.15, 0.2) is 11.6 Å². The number of aromatic carboxylic acids is 1. The van der Waals surface area contributed by atoms with E-state index < -0.39 is 28.7 Å². The number of halogens is 3. The number of pyridine rings is 2. The average molecular weight is 388 g/mol. The molecule has 9 heteroatoms. The quantitative estimate of drug-likeness (QED) is 0.872. The number of rotatable bonds is 3. The first kappa shape index (κ1) is 20.1. The first-order valence-electron chi connectivity index (χ1n) is 8.08. The van der Waals surface area contributed by atoms with Crippen LogP contribution < -0.4 is 10.5 Å². The number of carbonyl (C=O) groups is 1. The Bertz CT molecular complexity index is 908. The van der Waals surface area contributed by atoms with E-state index in [4.69, 9.17) is 5.11 Å². The minimum Gasteiger partial charge on any atom is -0.477 e. The largest absolute Gasteiger partial charge is 0.477 e. The summed E-state index contributed by atoms with van der Waals surface area (Å²) in [7, 11) is 1.94. The van der Waals surface area contributed by atoms with Crippen molar-refractivity contribution in [3.8, 4) is 0 Å². The molecule has 0 spiro atoms. The molecule has 142 valence electrons. The van der Waals surface area contributed by atoms with Gasteiger partial charge in [-0.05, 0) is 25.1 Å². The summed E-state index contributed by atoms with van der Waals surface area (Å²) in [6.07, 6.45) is 1.20. The van der Waals surface area contributed by atoms with E-state index in [0.29, 0.717) is 38.2 Å². The number of fused-ring (bicyclic) bond motifs is 1. The summed E-state index contributed by atoms with van der Waals surface area (Å²) in [5.74, 6) is -3.12. The number of carboxylic acid groups (broad SMARTS) is 1. The molecule has 2 aromatic rings. The highest BCUT2D eigenvalue weighted by Gasteiger charge is 2.26. The molecule has 0 amide bonds. The van der Waals surface area contributed by atoms with E-state index in [-0.39, 0.29) is 23.6 Å². The van der Waals surface area contributed by atoms with Crippen LogP contribution in [0, 0.1) is 11.6 Å². The Kier molecular flexibility index (Phi) is 5.87. The number of hydrogen-bond donors (Lipinski definition) is 1. The van der Waals surface area contributed by atoms with E-state index >= 15 is 4.39 Å². The van der Waals surface area contributed by atoms with Gasteiger partial charge in [0.25, 0.3) is 5.56 Å². The third-order valence-electron chi connectivity index (χ3n) is 4.63. The summed E-state index contributed by atoms with van der Waals surface area (Å²) >= 11 is 0. The first-order valence-corrected chi connectivity index (χ1v) is 8.08. The van der Waals surface area contributed by atoms with E-state index in [9.17, 15) is 14.0 Å². The molecule has 0 aliphatic carbocycles. The second kappa shape index (κ2) is 7.59. The minimum absolute atomic E-state index is 0. The zero-order valence-corrected chi connectivity index (χ0v) is 15.3. The summed E-state index contributed by atoms with van der Waals surface area (Å²) in [6, 6.07) is 1.18.